The fourth-order valence-corrected chi connectivity index (χ4v) is 2.84. The number of hydrogen-bond acceptors (Lipinski definition) is 3. The van der Waals surface area contributed by atoms with Crippen LogP contribution in [0.25, 0.3) is 10.9 Å². The van der Waals surface area contributed by atoms with Gasteiger partial charge in [0, 0.05) is 23.8 Å². The van der Waals surface area contributed by atoms with Crippen LogP contribution in [0.15, 0.2) is 36.4 Å². The molecular formula is C22H29NO2. The number of fused-ring (bicyclic) bond motifs is 1. The number of rotatable bonds is 9. The van der Waals surface area contributed by atoms with Gasteiger partial charge in [-0.25, -0.2) is 0 Å². The molecule has 0 amide bonds. The Morgan fingerprint density at radius 1 is 1.12 bits per heavy atom. The molecule has 1 aromatic carbocycles. The quantitative estimate of drug-likeness (QED) is 0.323. The minimum atomic E-state index is -0.211. The Labute approximate surface area is 151 Å². The number of esters is 1. The molecule has 1 aromatic heterocycles. The van der Waals surface area contributed by atoms with Crippen LogP contribution in [-0.2, 0) is 11.2 Å². The highest BCUT2D eigenvalue weighted by Crippen LogP contribution is 2.31. The third-order valence-electron chi connectivity index (χ3n) is 4.38. The molecule has 0 aliphatic heterocycles. The molecular weight excluding hydrogens is 310 g/mol. The van der Waals surface area contributed by atoms with Crippen LogP contribution in [0.3, 0.4) is 0 Å². The summed E-state index contributed by atoms with van der Waals surface area (Å²) in [4.78, 5) is 16.6. The number of unbranched alkanes of at least 4 members (excludes halogenated alkanes) is 4. The summed E-state index contributed by atoms with van der Waals surface area (Å²) >= 11 is 0. The average molecular weight is 339 g/mol. The van der Waals surface area contributed by atoms with Crippen molar-refractivity contribution in [2.24, 2.45) is 0 Å². The normalized spacial score (nSPS) is 11.3. The molecule has 3 nitrogen and oxygen atoms in total. The number of allylic oxidation sites excluding steroid dienone is 2. The van der Waals surface area contributed by atoms with Crippen LogP contribution in [0.2, 0.25) is 0 Å². The van der Waals surface area contributed by atoms with Crippen LogP contribution >= 0.6 is 0 Å². The molecule has 0 bridgehead atoms. The smallest absolute Gasteiger partial charge is 0.310 e. The van der Waals surface area contributed by atoms with Crippen LogP contribution in [0.5, 0.6) is 5.75 Å². The van der Waals surface area contributed by atoms with Gasteiger partial charge in [-0.2, -0.15) is 0 Å². The lowest BCUT2D eigenvalue weighted by Gasteiger charge is -2.13. The molecule has 25 heavy (non-hydrogen) atoms. The molecule has 0 aliphatic rings. The lowest BCUT2D eigenvalue weighted by molar-refractivity contribution is -0.133. The molecule has 134 valence electrons. The summed E-state index contributed by atoms with van der Waals surface area (Å²) in [5.41, 5.74) is 2.80. The van der Waals surface area contributed by atoms with Crippen molar-refractivity contribution < 1.29 is 9.53 Å². The number of aromatic nitrogens is 1. The molecule has 0 spiro atoms. The average Bonchev–Trinajstić information content (AvgIpc) is 2.63. The first kappa shape index (κ1) is 19.2. The molecule has 3 heteroatoms. The Morgan fingerprint density at radius 3 is 2.68 bits per heavy atom. The van der Waals surface area contributed by atoms with E-state index in [-0.39, 0.29) is 5.97 Å². The Morgan fingerprint density at radius 2 is 1.92 bits per heavy atom. The largest absolute Gasteiger partial charge is 0.425 e. The van der Waals surface area contributed by atoms with Gasteiger partial charge in [-0.3, -0.25) is 9.78 Å². The van der Waals surface area contributed by atoms with Crippen LogP contribution in [0.1, 0.15) is 63.6 Å². The molecule has 2 aromatic rings. The van der Waals surface area contributed by atoms with Crippen LogP contribution in [0.4, 0.5) is 0 Å². The lowest BCUT2D eigenvalue weighted by Crippen LogP contribution is -2.09. The number of hydrogen-bond donors (Lipinski definition) is 0. The molecule has 0 fully saturated rings. The number of ether oxygens (including phenoxy) is 1. The number of carbonyl (C=O) groups is 1. The van der Waals surface area contributed by atoms with E-state index >= 15 is 0 Å². The monoisotopic (exact) mass is 339 g/mol. The third kappa shape index (κ3) is 5.42. The Bertz CT molecular complexity index is 734. The fraction of sp³-hybridized carbons (Fsp3) is 0.455. The van der Waals surface area contributed by atoms with E-state index in [4.69, 9.17) is 9.72 Å². The molecule has 0 saturated heterocycles. The van der Waals surface area contributed by atoms with Gasteiger partial charge in [0.25, 0.3) is 0 Å². The highest BCUT2D eigenvalue weighted by atomic mass is 16.5. The maximum absolute atomic E-state index is 11.8. The number of nitrogens with zero attached hydrogens (tertiary/aromatic N) is 1. The van der Waals surface area contributed by atoms with E-state index in [1.165, 1.54) is 25.7 Å². The predicted octanol–water partition coefficient (Wildman–Crippen LogP) is 5.93. The SMILES string of the molecule is CCCCCCC=CCc1nc2ccccc2c(OC(=O)CC)c1C. The third-order valence-corrected chi connectivity index (χ3v) is 4.38. The van der Waals surface area contributed by atoms with E-state index in [2.05, 4.69) is 19.1 Å². The second-order valence-electron chi connectivity index (χ2n) is 6.38. The maximum atomic E-state index is 11.8. The summed E-state index contributed by atoms with van der Waals surface area (Å²) in [7, 11) is 0. The summed E-state index contributed by atoms with van der Waals surface area (Å²) < 4.78 is 5.62. The first-order valence-corrected chi connectivity index (χ1v) is 9.41. The van der Waals surface area contributed by atoms with Gasteiger partial charge in [-0.15, -0.1) is 0 Å². The standard InChI is InChI=1S/C22H29NO2/c1-4-6-7-8-9-10-11-15-19-17(3)22(25-21(24)5-2)18-14-12-13-16-20(18)23-19/h10-14,16H,4-9,15H2,1-3H3. The van der Waals surface area contributed by atoms with Crippen molar-refractivity contribution >= 4 is 16.9 Å². The minimum Gasteiger partial charge on any atom is -0.425 e. The van der Waals surface area contributed by atoms with Crippen molar-refractivity contribution in [1.82, 2.24) is 4.98 Å². The number of para-hydroxylation sites is 1. The van der Waals surface area contributed by atoms with E-state index in [0.29, 0.717) is 12.2 Å². The zero-order chi connectivity index (χ0) is 18.1. The Kier molecular flexibility index (Phi) is 7.65. The van der Waals surface area contributed by atoms with Gasteiger partial charge in [0.2, 0.25) is 0 Å². The topological polar surface area (TPSA) is 39.2 Å². The molecule has 2 rings (SSSR count). The first-order chi connectivity index (χ1) is 12.2. The van der Waals surface area contributed by atoms with Gasteiger partial charge < -0.3 is 4.74 Å². The minimum absolute atomic E-state index is 0.211. The predicted molar refractivity (Wildman–Crippen MR) is 104 cm³/mol. The van der Waals surface area contributed by atoms with Gasteiger partial charge >= 0.3 is 5.97 Å². The van der Waals surface area contributed by atoms with E-state index < -0.39 is 0 Å². The van der Waals surface area contributed by atoms with Gasteiger partial charge in [-0.05, 0) is 31.9 Å². The molecule has 0 aliphatic carbocycles. The Hall–Kier alpha value is -2.16. The molecule has 0 radical (unpaired) electrons. The van der Waals surface area contributed by atoms with Gasteiger partial charge in [0.1, 0.15) is 5.75 Å². The highest BCUT2D eigenvalue weighted by molar-refractivity contribution is 5.89. The van der Waals surface area contributed by atoms with Crippen molar-refractivity contribution in [3.8, 4) is 5.75 Å². The van der Waals surface area contributed by atoms with Crippen LogP contribution < -0.4 is 4.74 Å². The Balaban J connectivity index is 2.18. The number of carbonyl (C=O) groups excluding carboxylic acids is 1. The second-order valence-corrected chi connectivity index (χ2v) is 6.38. The van der Waals surface area contributed by atoms with E-state index in [1.54, 1.807) is 0 Å². The summed E-state index contributed by atoms with van der Waals surface area (Å²) in [6.45, 7) is 6.03. The highest BCUT2D eigenvalue weighted by Gasteiger charge is 2.14. The van der Waals surface area contributed by atoms with Crippen molar-refractivity contribution in [2.75, 3.05) is 0 Å². The van der Waals surface area contributed by atoms with Gasteiger partial charge in [0.05, 0.1) is 11.2 Å². The van der Waals surface area contributed by atoms with E-state index in [9.17, 15) is 4.79 Å². The number of pyridine rings is 1. The molecule has 0 saturated carbocycles. The zero-order valence-electron chi connectivity index (χ0n) is 15.7. The van der Waals surface area contributed by atoms with Crippen LogP contribution in [-0.4, -0.2) is 11.0 Å². The van der Waals surface area contributed by atoms with Gasteiger partial charge in [0.15, 0.2) is 0 Å². The summed E-state index contributed by atoms with van der Waals surface area (Å²) in [6.07, 6.45) is 11.8. The van der Waals surface area contributed by atoms with Crippen LogP contribution in [0, 0.1) is 6.92 Å². The molecule has 0 atom stereocenters. The van der Waals surface area contributed by atoms with Crippen molar-refractivity contribution in [3.63, 3.8) is 0 Å². The van der Waals surface area contributed by atoms with Crippen molar-refractivity contribution in [1.29, 1.82) is 0 Å². The van der Waals surface area contributed by atoms with E-state index in [0.717, 1.165) is 35.0 Å². The summed E-state index contributed by atoms with van der Waals surface area (Å²) in [6, 6.07) is 7.84. The first-order valence-electron chi connectivity index (χ1n) is 9.41. The molecule has 0 N–H and O–H groups in total. The van der Waals surface area contributed by atoms with E-state index in [1.807, 2.05) is 38.1 Å². The lowest BCUT2D eigenvalue weighted by atomic mass is 10.1. The maximum Gasteiger partial charge on any atom is 0.310 e. The molecule has 1 heterocycles. The number of benzene rings is 1. The summed E-state index contributed by atoms with van der Waals surface area (Å²) in [5.74, 6) is 0.445. The van der Waals surface area contributed by atoms with Crippen molar-refractivity contribution in [2.45, 2.75) is 65.7 Å². The summed E-state index contributed by atoms with van der Waals surface area (Å²) in [5, 5.41) is 0.897. The molecule has 0 unspecified atom stereocenters. The fourth-order valence-electron chi connectivity index (χ4n) is 2.84. The van der Waals surface area contributed by atoms with Gasteiger partial charge in [-0.1, -0.05) is 57.4 Å². The zero-order valence-corrected chi connectivity index (χ0v) is 15.7. The second kappa shape index (κ2) is 9.97. The van der Waals surface area contributed by atoms with Crippen molar-refractivity contribution in [3.05, 3.63) is 47.7 Å².